The van der Waals surface area contributed by atoms with Crippen molar-refractivity contribution in [2.45, 2.75) is 26.7 Å². The summed E-state index contributed by atoms with van der Waals surface area (Å²) >= 11 is 0. The standard InChI is InChI=1S/C19H18N2O4/c1-9-7-13(14(21(24)25)8-10(9)2)20-17(22)15-11-3-4-12(16(15)18(20)23)19(11)5-6-19/h3-4,7-8,11-12,15-16H,5-6H2,1-2H3/t11-,12+,15-,16+. The Morgan fingerprint density at radius 1 is 1.04 bits per heavy atom. The van der Waals surface area contributed by atoms with Crippen molar-refractivity contribution >= 4 is 23.2 Å². The number of hydrogen-bond acceptors (Lipinski definition) is 4. The number of nitro groups is 1. The van der Waals surface area contributed by atoms with Gasteiger partial charge in [0.1, 0.15) is 5.69 Å². The molecule has 1 aliphatic heterocycles. The van der Waals surface area contributed by atoms with Crippen LogP contribution in [-0.2, 0) is 9.59 Å². The first kappa shape index (κ1) is 14.8. The van der Waals surface area contributed by atoms with E-state index in [-0.39, 0.29) is 52.3 Å². The molecular formula is C19H18N2O4. The number of anilines is 1. The molecule has 4 aliphatic rings. The van der Waals surface area contributed by atoms with Gasteiger partial charge in [-0.3, -0.25) is 19.7 Å². The zero-order valence-electron chi connectivity index (χ0n) is 14.1. The fourth-order valence-electron chi connectivity index (χ4n) is 5.43. The average Bonchev–Trinajstić information content (AvgIpc) is 3.15. The van der Waals surface area contributed by atoms with E-state index in [1.54, 1.807) is 13.0 Å². The Labute approximate surface area is 144 Å². The maximum atomic E-state index is 13.1. The van der Waals surface area contributed by atoms with E-state index in [0.717, 1.165) is 28.9 Å². The Morgan fingerprint density at radius 2 is 1.56 bits per heavy atom. The Hall–Kier alpha value is -2.50. The molecule has 1 saturated heterocycles. The van der Waals surface area contributed by atoms with E-state index in [0.29, 0.717) is 0 Å². The molecule has 0 unspecified atom stereocenters. The Balaban J connectivity index is 1.62. The van der Waals surface area contributed by atoms with Crippen LogP contribution < -0.4 is 4.90 Å². The molecule has 2 amide bonds. The minimum Gasteiger partial charge on any atom is -0.274 e. The van der Waals surface area contributed by atoms with Gasteiger partial charge in [0.15, 0.2) is 0 Å². The van der Waals surface area contributed by atoms with Gasteiger partial charge < -0.3 is 0 Å². The fourth-order valence-corrected chi connectivity index (χ4v) is 5.43. The lowest BCUT2D eigenvalue weighted by Gasteiger charge is -2.22. The summed E-state index contributed by atoms with van der Waals surface area (Å²) in [5.74, 6) is -0.963. The highest BCUT2D eigenvalue weighted by Crippen LogP contribution is 2.73. The van der Waals surface area contributed by atoms with Crippen LogP contribution in [0.4, 0.5) is 11.4 Å². The minimum absolute atomic E-state index is 0.120. The first-order valence-corrected chi connectivity index (χ1v) is 8.68. The molecule has 128 valence electrons. The summed E-state index contributed by atoms with van der Waals surface area (Å²) in [4.78, 5) is 38.3. The van der Waals surface area contributed by atoms with E-state index < -0.39 is 4.92 Å². The molecule has 25 heavy (non-hydrogen) atoms. The molecule has 5 rings (SSSR count). The maximum Gasteiger partial charge on any atom is 0.293 e. The highest BCUT2D eigenvalue weighted by molar-refractivity contribution is 6.24. The molecule has 1 spiro atoms. The summed E-state index contributed by atoms with van der Waals surface area (Å²) in [6, 6.07) is 3.06. The van der Waals surface area contributed by atoms with E-state index in [9.17, 15) is 19.7 Å². The number of amides is 2. The lowest BCUT2D eigenvalue weighted by atomic mass is 9.85. The number of nitrogens with zero attached hydrogens (tertiary/aromatic N) is 2. The summed E-state index contributed by atoms with van der Waals surface area (Å²) in [6.45, 7) is 3.62. The monoisotopic (exact) mass is 338 g/mol. The van der Waals surface area contributed by atoms with E-state index in [4.69, 9.17) is 0 Å². The number of benzene rings is 1. The summed E-state index contributed by atoms with van der Waals surface area (Å²) < 4.78 is 0. The number of imide groups is 1. The molecule has 1 aromatic carbocycles. The van der Waals surface area contributed by atoms with E-state index in [1.807, 2.05) is 6.92 Å². The lowest BCUT2D eigenvalue weighted by Crippen LogP contribution is -2.35. The van der Waals surface area contributed by atoms with Crippen molar-refractivity contribution in [2.24, 2.45) is 29.1 Å². The molecule has 0 radical (unpaired) electrons. The average molecular weight is 338 g/mol. The lowest BCUT2D eigenvalue weighted by molar-refractivity contribution is -0.384. The molecule has 2 saturated carbocycles. The highest BCUT2D eigenvalue weighted by atomic mass is 16.6. The van der Waals surface area contributed by atoms with Crippen LogP contribution in [0.25, 0.3) is 0 Å². The van der Waals surface area contributed by atoms with Crippen molar-refractivity contribution < 1.29 is 14.5 Å². The second-order valence-electron chi connectivity index (χ2n) is 7.92. The van der Waals surface area contributed by atoms with Crippen LogP contribution in [0.15, 0.2) is 24.3 Å². The number of hydrogen-bond donors (Lipinski definition) is 0. The third-order valence-corrected chi connectivity index (χ3v) is 6.88. The van der Waals surface area contributed by atoms with Crippen LogP contribution >= 0.6 is 0 Å². The number of rotatable bonds is 2. The van der Waals surface area contributed by atoms with Crippen LogP contribution in [-0.4, -0.2) is 16.7 Å². The van der Waals surface area contributed by atoms with Crippen LogP contribution in [0, 0.1) is 53.0 Å². The molecule has 2 bridgehead atoms. The highest BCUT2D eigenvalue weighted by Gasteiger charge is 2.73. The minimum atomic E-state index is -0.508. The molecule has 3 aliphatic carbocycles. The number of nitro benzene ring substituents is 1. The molecule has 1 aromatic rings. The molecule has 0 aromatic heterocycles. The second kappa shape index (κ2) is 4.36. The molecule has 0 N–H and O–H groups in total. The summed E-state index contributed by atoms with van der Waals surface area (Å²) in [7, 11) is 0. The molecule has 3 fully saturated rings. The van der Waals surface area contributed by atoms with Crippen LogP contribution in [0.1, 0.15) is 24.0 Å². The summed E-state index contributed by atoms with van der Waals surface area (Å²) in [5, 5.41) is 11.5. The van der Waals surface area contributed by atoms with E-state index in [1.165, 1.54) is 6.07 Å². The molecule has 4 atom stereocenters. The van der Waals surface area contributed by atoms with Gasteiger partial charge in [0, 0.05) is 6.07 Å². The molecular weight excluding hydrogens is 320 g/mol. The fraction of sp³-hybridized carbons (Fsp3) is 0.474. The van der Waals surface area contributed by atoms with Crippen molar-refractivity contribution in [3.63, 3.8) is 0 Å². The number of aryl methyl sites for hydroxylation is 2. The van der Waals surface area contributed by atoms with Gasteiger partial charge in [0.2, 0.25) is 11.8 Å². The Kier molecular flexibility index (Phi) is 2.59. The van der Waals surface area contributed by atoms with Gasteiger partial charge in [-0.25, -0.2) is 4.90 Å². The van der Waals surface area contributed by atoms with Crippen molar-refractivity contribution in [1.82, 2.24) is 0 Å². The van der Waals surface area contributed by atoms with Gasteiger partial charge in [-0.05, 0) is 61.1 Å². The summed E-state index contributed by atoms with van der Waals surface area (Å²) in [6.07, 6.45) is 6.35. The van der Waals surface area contributed by atoms with Gasteiger partial charge in [0.25, 0.3) is 5.69 Å². The number of carbonyl (C=O) groups excluding carboxylic acids is 2. The molecule has 1 heterocycles. The first-order valence-electron chi connectivity index (χ1n) is 8.68. The van der Waals surface area contributed by atoms with Gasteiger partial charge in [-0.15, -0.1) is 0 Å². The number of allylic oxidation sites excluding steroid dienone is 2. The van der Waals surface area contributed by atoms with E-state index >= 15 is 0 Å². The molecule has 6 heteroatoms. The summed E-state index contributed by atoms with van der Waals surface area (Å²) in [5.41, 5.74) is 1.68. The van der Waals surface area contributed by atoms with Gasteiger partial charge in [-0.1, -0.05) is 12.2 Å². The quantitative estimate of drug-likeness (QED) is 0.359. The van der Waals surface area contributed by atoms with Crippen molar-refractivity contribution in [3.8, 4) is 0 Å². The van der Waals surface area contributed by atoms with Crippen molar-refractivity contribution in [2.75, 3.05) is 4.90 Å². The SMILES string of the molecule is Cc1cc(N2C(=O)[C@@H]3[C@H](C2=O)[C@H]2C=C[C@@H]3C23CC3)c([N+](=O)[O-])cc1C. The maximum absolute atomic E-state index is 13.1. The van der Waals surface area contributed by atoms with Gasteiger partial charge >= 0.3 is 0 Å². The predicted octanol–water partition coefficient (Wildman–Crippen LogP) is 2.91. The Morgan fingerprint density at radius 3 is 2.04 bits per heavy atom. The molecule has 6 nitrogen and oxygen atoms in total. The normalized spacial score (nSPS) is 33.4. The van der Waals surface area contributed by atoms with Crippen LogP contribution in [0.2, 0.25) is 0 Å². The zero-order chi connectivity index (χ0) is 17.7. The Bertz CT molecular complexity index is 865. The van der Waals surface area contributed by atoms with Crippen molar-refractivity contribution in [1.29, 1.82) is 0 Å². The number of carbonyl (C=O) groups is 2. The van der Waals surface area contributed by atoms with Gasteiger partial charge in [-0.2, -0.15) is 0 Å². The second-order valence-corrected chi connectivity index (χ2v) is 7.92. The third-order valence-electron chi connectivity index (χ3n) is 6.88. The topological polar surface area (TPSA) is 80.5 Å². The zero-order valence-corrected chi connectivity index (χ0v) is 14.1. The van der Waals surface area contributed by atoms with Crippen molar-refractivity contribution in [3.05, 3.63) is 45.5 Å². The largest absolute Gasteiger partial charge is 0.293 e. The van der Waals surface area contributed by atoms with Crippen LogP contribution in [0.5, 0.6) is 0 Å². The smallest absolute Gasteiger partial charge is 0.274 e. The van der Waals surface area contributed by atoms with Gasteiger partial charge in [0.05, 0.1) is 16.8 Å². The predicted molar refractivity (Wildman–Crippen MR) is 89.8 cm³/mol. The van der Waals surface area contributed by atoms with E-state index in [2.05, 4.69) is 12.2 Å². The number of fused-ring (bicyclic) bond motifs is 3. The van der Waals surface area contributed by atoms with Crippen LogP contribution in [0.3, 0.4) is 0 Å². The third kappa shape index (κ3) is 1.60. The first-order chi connectivity index (χ1) is 11.9.